The molecule has 1 unspecified atom stereocenters. The van der Waals surface area contributed by atoms with E-state index in [2.05, 4.69) is 24.3 Å². The van der Waals surface area contributed by atoms with Crippen LogP contribution in [-0.4, -0.2) is 34.4 Å². The van der Waals surface area contributed by atoms with Crippen LogP contribution in [0.4, 0.5) is 0 Å². The molecular formula is C20H30N4O2. The predicted octanol–water partition coefficient (Wildman–Crippen LogP) is 3.01. The predicted molar refractivity (Wildman–Crippen MR) is 104 cm³/mol. The zero-order valence-corrected chi connectivity index (χ0v) is 16.3. The third kappa shape index (κ3) is 4.64. The van der Waals surface area contributed by atoms with Crippen LogP contribution >= 0.6 is 0 Å². The fraction of sp³-hybridized carbons (Fsp3) is 0.500. The molecule has 0 saturated carbocycles. The first-order valence-corrected chi connectivity index (χ1v) is 9.07. The first-order valence-electron chi connectivity index (χ1n) is 9.07. The third-order valence-corrected chi connectivity index (χ3v) is 4.59. The Morgan fingerprint density at radius 3 is 2.46 bits per heavy atom. The van der Waals surface area contributed by atoms with Crippen LogP contribution in [-0.2, 0) is 0 Å². The van der Waals surface area contributed by atoms with E-state index >= 15 is 0 Å². The fourth-order valence-electron chi connectivity index (χ4n) is 2.34. The lowest BCUT2D eigenvalue weighted by Crippen LogP contribution is -2.55. The van der Waals surface area contributed by atoms with Crippen molar-refractivity contribution in [1.82, 2.24) is 15.1 Å². The Morgan fingerprint density at radius 1 is 1.27 bits per heavy atom. The molecule has 1 heterocycles. The van der Waals surface area contributed by atoms with Gasteiger partial charge in [0.1, 0.15) is 0 Å². The van der Waals surface area contributed by atoms with Gasteiger partial charge in [-0.2, -0.15) is 5.10 Å². The summed E-state index contributed by atoms with van der Waals surface area (Å²) in [7, 11) is 0. The van der Waals surface area contributed by atoms with Crippen molar-refractivity contribution in [2.75, 3.05) is 13.2 Å². The van der Waals surface area contributed by atoms with E-state index in [1.54, 1.807) is 10.9 Å². The number of carbonyl (C=O) groups excluding carboxylic acids is 1. The van der Waals surface area contributed by atoms with Crippen molar-refractivity contribution < 1.29 is 9.53 Å². The number of aromatic nitrogens is 2. The third-order valence-electron chi connectivity index (χ3n) is 4.59. The van der Waals surface area contributed by atoms with Gasteiger partial charge in [-0.1, -0.05) is 45.9 Å². The number of hydrogen-bond acceptors (Lipinski definition) is 4. The lowest BCUT2D eigenvalue weighted by atomic mass is 9.88. The minimum atomic E-state index is -0.511. The first kappa shape index (κ1) is 20.0. The summed E-state index contributed by atoms with van der Waals surface area (Å²) in [4.78, 5) is 12.9. The molecule has 0 radical (unpaired) electrons. The van der Waals surface area contributed by atoms with Crippen molar-refractivity contribution in [1.29, 1.82) is 0 Å². The summed E-state index contributed by atoms with van der Waals surface area (Å²) in [6, 6.07) is 9.65. The number of amides is 1. The molecule has 1 aromatic carbocycles. The summed E-state index contributed by atoms with van der Waals surface area (Å²) in [6.07, 6.45) is 1.75. The van der Waals surface area contributed by atoms with Gasteiger partial charge in [0, 0.05) is 6.54 Å². The van der Waals surface area contributed by atoms with Gasteiger partial charge in [-0.25, -0.2) is 4.68 Å². The van der Waals surface area contributed by atoms with Gasteiger partial charge in [-0.05, 0) is 30.9 Å². The van der Waals surface area contributed by atoms with Crippen molar-refractivity contribution >= 4 is 5.91 Å². The van der Waals surface area contributed by atoms with Gasteiger partial charge < -0.3 is 15.8 Å². The van der Waals surface area contributed by atoms with E-state index in [1.165, 1.54) is 0 Å². The Kier molecular flexibility index (Phi) is 6.42. The summed E-state index contributed by atoms with van der Waals surface area (Å²) in [5, 5.41) is 7.51. The minimum Gasteiger partial charge on any atom is -0.489 e. The second-order valence-corrected chi connectivity index (χ2v) is 7.56. The van der Waals surface area contributed by atoms with E-state index in [9.17, 15) is 4.79 Å². The molecule has 3 N–H and O–H groups in total. The molecule has 0 aliphatic heterocycles. The highest BCUT2D eigenvalue weighted by Gasteiger charge is 2.31. The Labute approximate surface area is 155 Å². The molecule has 1 amide bonds. The molecule has 6 nitrogen and oxygen atoms in total. The van der Waals surface area contributed by atoms with Gasteiger partial charge in [0.2, 0.25) is 0 Å². The van der Waals surface area contributed by atoms with E-state index in [-0.39, 0.29) is 17.5 Å². The highest BCUT2D eigenvalue weighted by Crippen LogP contribution is 2.23. The van der Waals surface area contributed by atoms with Crippen molar-refractivity contribution in [2.45, 2.75) is 40.2 Å². The fourth-order valence-corrected chi connectivity index (χ4v) is 2.34. The standard InChI is InChI=1S/C20H30N4O2/c1-14(2)12-26-17-11-24(16-9-7-6-8-10-16)23-18(17)19(25)22-20(5,13-21)15(3)4/h6-11,14-15H,12-13,21H2,1-5H3,(H,22,25). The van der Waals surface area contributed by atoms with Crippen LogP contribution < -0.4 is 15.8 Å². The number of carbonyl (C=O) groups is 1. The highest BCUT2D eigenvalue weighted by molar-refractivity contribution is 5.95. The normalized spacial score (nSPS) is 13.7. The molecule has 0 saturated heterocycles. The van der Waals surface area contributed by atoms with Crippen molar-refractivity contribution in [2.24, 2.45) is 17.6 Å². The van der Waals surface area contributed by atoms with Gasteiger partial charge in [0.25, 0.3) is 5.91 Å². The zero-order chi connectivity index (χ0) is 19.3. The summed E-state index contributed by atoms with van der Waals surface area (Å²) in [6.45, 7) is 11.0. The maximum Gasteiger partial charge on any atom is 0.276 e. The largest absolute Gasteiger partial charge is 0.489 e. The molecule has 0 bridgehead atoms. The lowest BCUT2D eigenvalue weighted by Gasteiger charge is -2.33. The number of hydrogen-bond donors (Lipinski definition) is 2. The molecule has 0 fully saturated rings. The second kappa shape index (κ2) is 8.36. The molecule has 1 aromatic heterocycles. The van der Waals surface area contributed by atoms with Gasteiger partial charge >= 0.3 is 0 Å². The lowest BCUT2D eigenvalue weighted by molar-refractivity contribution is 0.0872. The van der Waals surface area contributed by atoms with Crippen LogP contribution in [0.2, 0.25) is 0 Å². The minimum absolute atomic E-state index is 0.188. The number of nitrogens with one attached hydrogen (secondary N) is 1. The first-order chi connectivity index (χ1) is 12.3. The van der Waals surface area contributed by atoms with Crippen LogP contribution in [0.1, 0.15) is 45.1 Å². The van der Waals surface area contributed by atoms with Gasteiger partial charge in [0.05, 0.1) is 24.0 Å². The highest BCUT2D eigenvalue weighted by atomic mass is 16.5. The summed E-state index contributed by atoms with van der Waals surface area (Å²) >= 11 is 0. The van der Waals surface area contributed by atoms with Crippen LogP contribution in [0.5, 0.6) is 5.75 Å². The van der Waals surface area contributed by atoms with Crippen LogP contribution in [0.3, 0.4) is 0 Å². The Balaban J connectivity index is 2.35. The number of nitrogens with two attached hydrogens (primary N) is 1. The molecule has 0 aliphatic carbocycles. The average Bonchev–Trinajstić information content (AvgIpc) is 3.05. The number of rotatable bonds is 8. The number of para-hydroxylation sites is 1. The molecule has 142 valence electrons. The quantitative estimate of drug-likeness (QED) is 0.760. The maximum absolute atomic E-state index is 12.9. The molecule has 6 heteroatoms. The number of benzene rings is 1. The smallest absolute Gasteiger partial charge is 0.276 e. The second-order valence-electron chi connectivity index (χ2n) is 7.56. The Hall–Kier alpha value is -2.34. The Bertz CT molecular complexity index is 725. The number of ether oxygens (including phenoxy) is 1. The van der Waals surface area contributed by atoms with Crippen molar-refractivity contribution in [3.8, 4) is 11.4 Å². The Morgan fingerprint density at radius 2 is 1.92 bits per heavy atom. The van der Waals surface area contributed by atoms with Crippen LogP contribution in [0, 0.1) is 11.8 Å². The SMILES string of the molecule is CC(C)COc1cn(-c2ccccc2)nc1C(=O)NC(C)(CN)C(C)C. The summed E-state index contributed by atoms with van der Waals surface area (Å²) < 4.78 is 7.52. The molecule has 26 heavy (non-hydrogen) atoms. The van der Waals surface area contributed by atoms with Crippen LogP contribution in [0.25, 0.3) is 5.69 Å². The van der Waals surface area contributed by atoms with E-state index in [4.69, 9.17) is 10.5 Å². The van der Waals surface area contributed by atoms with Crippen molar-refractivity contribution in [3.05, 3.63) is 42.2 Å². The monoisotopic (exact) mass is 358 g/mol. The average molecular weight is 358 g/mol. The van der Waals surface area contributed by atoms with Gasteiger partial charge in [-0.3, -0.25) is 4.79 Å². The zero-order valence-electron chi connectivity index (χ0n) is 16.3. The molecule has 0 aliphatic rings. The molecule has 2 aromatic rings. The van der Waals surface area contributed by atoms with E-state index in [0.29, 0.717) is 24.8 Å². The van der Waals surface area contributed by atoms with Gasteiger partial charge in [-0.15, -0.1) is 0 Å². The van der Waals surface area contributed by atoms with E-state index in [1.807, 2.05) is 51.1 Å². The topological polar surface area (TPSA) is 82.2 Å². The molecule has 0 spiro atoms. The van der Waals surface area contributed by atoms with E-state index in [0.717, 1.165) is 5.69 Å². The molecule has 2 rings (SSSR count). The number of nitrogens with zero attached hydrogens (tertiary/aromatic N) is 2. The summed E-state index contributed by atoms with van der Waals surface area (Å²) in [5.41, 5.74) is 6.52. The van der Waals surface area contributed by atoms with Crippen molar-refractivity contribution in [3.63, 3.8) is 0 Å². The van der Waals surface area contributed by atoms with Crippen LogP contribution in [0.15, 0.2) is 36.5 Å². The maximum atomic E-state index is 12.9. The summed E-state index contributed by atoms with van der Waals surface area (Å²) in [5.74, 6) is 0.729. The van der Waals surface area contributed by atoms with E-state index < -0.39 is 5.54 Å². The molecule has 1 atom stereocenters. The van der Waals surface area contributed by atoms with Gasteiger partial charge in [0.15, 0.2) is 11.4 Å². The molecular weight excluding hydrogens is 328 g/mol.